The van der Waals surface area contributed by atoms with Gasteiger partial charge in [-0.25, -0.2) is 0 Å². The molecule has 2 nitrogen and oxygen atoms in total. The first-order valence-electron chi connectivity index (χ1n) is 6.55. The number of benzene rings is 1. The average molecular weight is 269 g/mol. The third-order valence-corrected chi connectivity index (χ3v) is 3.62. The smallest absolute Gasteiger partial charge is 0.0409 e. The Bertz CT molecular complexity index is 377. The molecule has 0 aliphatic carbocycles. The summed E-state index contributed by atoms with van der Waals surface area (Å²) in [6.45, 7) is 8.29. The van der Waals surface area contributed by atoms with Crippen molar-refractivity contribution in [2.45, 2.75) is 33.2 Å². The Kier molecular flexibility index (Phi) is 5.64. The van der Waals surface area contributed by atoms with E-state index in [4.69, 9.17) is 17.3 Å². The van der Waals surface area contributed by atoms with Crippen LogP contribution in [0.25, 0.3) is 0 Å². The highest BCUT2D eigenvalue weighted by molar-refractivity contribution is 6.30. The Labute approximate surface area is 116 Å². The molecule has 0 fully saturated rings. The minimum Gasteiger partial charge on any atom is -0.330 e. The van der Waals surface area contributed by atoms with Gasteiger partial charge < -0.3 is 5.73 Å². The summed E-state index contributed by atoms with van der Waals surface area (Å²) in [7, 11) is 2.16. The molecule has 1 atom stereocenters. The zero-order valence-corrected chi connectivity index (χ0v) is 12.7. The highest BCUT2D eigenvalue weighted by Gasteiger charge is 2.23. The molecule has 2 N–H and O–H groups in total. The van der Waals surface area contributed by atoms with Crippen molar-refractivity contribution in [2.75, 3.05) is 20.1 Å². The van der Waals surface area contributed by atoms with E-state index in [-0.39, 0.29) is 5.41 Å². The number of hydrogen-bond acceptors (Lipinski definition) is 2. The van der Waals surface area contributed by atoms with E-state index >= 15 is 0 Å². The van der Waals surface area contributed by atoms with Crippen LogP contribution in [0.2, 0.25) is 5.02 Å². The fourth-order valence-corrected chi connectivity index (χ4v) is 2.56. The van der Waals surface area contributed by atoms with Crippen molar-refractivity contribution in [3.05, 3.63) is 34.9 Å². The van der Waals surface area contributed by atoms with E-state index in [1.54, 1.807) is 0 Å². The van der Waals surface area contributed by atoms with Crippen LogP contribution in [0.1, 0.15) is 38.8 Å². The molecule has 102 valence electrons. The van der Waals surface area contributed by atoms with Gasteiger partial charge in [-0.05, 0) is 43.1 Å². The van der Waals surface area contributed by atoms with Gasteiger partial charge in [-0.15, -0.1) is 0 Å². The van der Waals surface area contributed by atoms with Gasteiger partial charge in [0.15, 0.2) is 0 Å². The van der Waals surface area contributed by atoms with E-state index in [0.29, 0.717) is 12.6 Å². The summed E-state index contributed by atoms with van der Waals surface area (Å²) < 4.78 is 0. The average Bonchev–Trinajstić information content (AvgIpc) is 2.29. The van der Waals surface area contributed by atoms with E-state index in [2.05, 4.69) is 44.9 Å². The van der Waals surface area contributed by atoms with Crippen molar-refractivity contribution in [2.24, 2.45) is 11.1 Å². The quantitative estimate of drug-likeness (QED) is 0.852. The molecule has 1 aromatic rings. The first-order valence-corrected chi connectivity index (χ1v) is 6.93. The van der Waals surface area contributed by atoms with Crippen LogP contribution >= 0.6 is 11.6 Å². The van der Waals surface area contributed by atoms with Crippen LogP contribution in [-0.4, -0.2) is 25.0 Å². The molecule has 0 aromatic heterocycles. The van der Waals surface area contributed by atoms with Crippen LogP contribution in [0.4, 0.5) is 0 Å². The topological polar surface area (TPSA) is 29.3 Å². The fourth-order valence-electron chi connectivity index (χ4n) is 2.37. The van der Waals surface area contributed by atoms with Crippen LogP contribution in [0.3, 0.4) is 0 Å². The molecule has 18 heavy (non-hydrogen) atoms. The monoisotopic (exact) mass is 268 g/mol. The lowest BCUT2D eigenvalue weighted by molar-refractivity contribution is 0.161. The van der Waals surface area contributed by atoms with Crippen LogP contribution in [0, 0.1) is 5.41 Å². The van der Waals surface area contributed by atoms with Gasteiger partial charge in [-0.1, -0.05) is 44.5 Å². The Balaban J connectivity index is 2.83. The Hall–Kier alpha value is -0.570. The second-order valence-corrected chi connectivity index (χ2v) is 6.20. The third-order valence-electron chi connectivity index (χ3n) is 3.38. The van der Waals surface area contributed by atoms with E-state index in [1.165, 1.54) is 5.56 Å². The van der Waals surface area contributed by atoms with E-state index in [1.807, 2.05) is 12.1 Å². The summed E-state index contributed by atoms with van der Waals surface area (Å²) in [6, 6.07) is 8.53. The summed E-state index contributed by atoms with van der Waals surface area (Å²) in [5.41, 5.74) is 7.23. The number of rotatable bonds is 6. The summed E-state index contributed by atoms with van der Waals surface area (Å²) >= 11 is 6.07. The lowest BCUT2D eigenvalue weighted by atomic mass is 9.91. The van der Waals surface area contributed by atoms with Crippen LogP contribution in [0.15, 0.2) is 24.3 Å². The fraction of sp³-hybridized carbons (Fsp3) is 0.600. The van der Waals surface area contributed by atoms with Gasteiger partial charge in [-0.3, -0.25) is 4.90 Å². The largest absolute Gasteiger partial charge is 0.330 e. The van der Waals surface area contributed by atoms with E-state index in [0.717, 1.165) is 18.0 Å². The minimum atomic E-state index is 0.140. The Morgan fingerprint density at radius 3 is 2.56 bits per heavy atom. The van der Waals surface area contributed by atoms with Gasteiger partial charge in [0, 0.05) is 17.6 Å². The molecule has 0 aliphatic rings. The van der Waals surface area contributed by atoms with Gasteiger partial charge >= 0.3 is 0 Å². The van der Waals surface area contributed by atoms with E-state index < -0.39 is 0 Å². The maximum Gasteiger partial charge on any atom is 0.0409 e. The van der Waals surface area contributed by atoms with Crippen LogP contribution < -0.4 is 5.73 Å². The van der Waals surface area contributed by atoms with Gasteiger partial charge in [-0.2, -0.15) is 0 Å². The predicted octanol–water partition coefficient (Wildman–Crippen LogP) is 3.71. The SMILES string of the molecule is CCC(c1cccc(Cl)c1)N(C)CC(C)(C)CN. The number of halogens is 1. The Morgan fingerprint density at radius 2 is 2.06 bits per heavy atom. The van der Waals surface area contributed by atoms with Gasteiger partial charge in [0.25, 0.3) is 0 Å². The normalized spacial score (nSPS) is 13.9. The summed E-state index contributed by atoms with van der Waals surface area (Å²) in [5, 5.41) is 0.803. The lowest BCUT2D eigenvalue weighted by Gasteiger charge is -2.34. The molecule has 0 radical (unpaired) electrons. The van der Waals surface area contributed by atoms with E-state index in [9.17, 15) is 0 Å². The molecule has 0 saturated heterocycles. The molecular weight excluding hydrogens is 244 g/mol. The van der Waals surface area contributed by atoms with Crippen molar-refractivity contribution < 1.29 is 0 Å². The second-order valence-electron chi connectivity index (χ2n) is 5.76. The minimum absolute atomic E-state index is 0.140. The molecule has 0 aliphatic heterocycles. The summed E-state index contributed by atoms with van der Waals surface area (Å²) in [6.07, 6.45) is 1.07. The molecule has 3 heteroatoms. The zero-order valence-electron chi connectivity index (χ0n) is 11.9. The molecular formula is C15H25ClN2. The predicted molar refractivity (Wildman–Crippen MR) is 79.9 cm³/mol. The van der Waals surface area contributed by atoms with Crippen LogP contribution in [0.5, 0.6) is 0 Å². The maximum atomic E-state index is 6.07. The van der Waals surface area contributed by atoms with Crippen molar-refractivity contribution in [1.29, 1.82) is 0 Å². The van der Waals surface area contributed by atoms with Crippen molar-refractivity contribution >= 4 is 11.6 Å². The van der Waals surface area contributed by atoms with Gasteiger partial charge in [0.1, 0.15) is 0 Å². The highest BCUT2D eigenvalue weighted by atomic mass is 35.5. The first-order chi connectivity index (χ1) is 8.39. The standard InChI is InChI=1S/C15H25ClN2/c1-5-14(12-7-6-8-13(16)9-12)18(4)11-15(2,3)10-17/h6-9,14H,5,10-11,17H2,1-4H3. The Morgan fingerprint density at radius 1 is 1.39 bits per heavy atom. The second kappa shape index (κ2) is 6.55. The highest BCUT2D eigenvalue weighted by Crippen LogP contribution is 2.27. The lowest BCUT2D eigenvalue weighted by Crippen LogP contribution is -2.38. The molecule has 1 unspecified atom stereocenters. The number of nitrogens with zero attached hydrogens (tertiary/aromatic N) is 1. The third kappa shape index (κ3) is 4.27. The summed E-state index contributed by atoms with van der Waals surface area (Å²) in [4.78, 5) is 2.37. The van der Waals surface area contributed by atoms with Crippen molar-refractivity contribution in [1.82, 2.24) is 4.90 Å². The van der Waals surface area contributed by atoms with Gasteiger partial charge in [0.05, 0.1) is 0 Å². The van der Waals surface area contributed by atoms with Crippen molar-refractivity contribution in [3.8, 4) is 0 Å². The molecule has 0 bridgehead atoms. The number of nitrogens with two attached hydrogens (primary N) is 1. The molecule has 0 heterocycles. The molecule has 0 saturated carbocycles. The van der Waals surface area contributed by atoms with Crippen molar-refractivity contribution in [3.63, 3.8) is 0 Å². The maximum absolute atomic E-state index is 6.07. The molecule has 1 aromatic carbocycles. The zero-order chi connectivity index (χ0) is 13.8. The molecule has 1 rings (SSSR count). The summed E-state index contributed by atoms with van der Waals surface area (Å²) in [5.74, 6) is 0. The number of hydrogen-bond donors (Lipinski definition) is 1. The molecule has 0 spiro atoms. The van der Waals surface area contributed by atoms with Crippen LogP contribution in [-0.2, 0) is 0 Å². The van der Waals surface area contributed by atoms with Gasteiger partial charge in [0.2, 0.25) is 0 Å². The first kappa shape index (κ1) is 15.5. The molecule has 0 amide bonds.